The van der Waals surface area contributed by atoms with Gasteiger partial charge >= 0.3 is 59.1 Å². The quantitative estimate of drug-likeness (QED) is 0.253. The van der Waals surface area contributed by atoms with E-state index in [0.29, 0.717) is 0 Å². The van der Waals surface area contributed by atoms with Crippen molar-refractivity contribution in [3.63, 3.8) is 0 Å². The molecule has 0 aliphatic carbocycles. The van der Waals surface area contributed by atoms with Crippen molar-refractivity contribution in [2.75, 3.05) is 26.2 Å². The van der Waals surface area contributed by atoms with E-state index in [1.807, 2.05) is 24.3 Å². The normalized spacial score (nSPS) is 8.00. The van der Waals surface area contributed by atoms with Gasteiger partial charge in [0.1, 0.15) is 0 Å². The number of rotatable bonds is 8. The van der Waals surface area contributed by atoms with E-state index in [2.05, 4.69) is 26.3 Å². The zero-order valence-electron chi connectivity index (χ0n) is 12.6. The molecule has 0 aromatic heterocycles. The van der Waals surface area contributed by atoms with Crippen molar-refractivity contribution in [2.45, 2.75) is 0 Å². The average Bonchev–Trinajstić information content (AvgIpc) is 2.18. The third kappa shape index (κ3) is 20.8. The Hall–Kier alpha value is 0.497. The van der Waals surface area contributed by atoms with Gasteiger partial charge in [-0.3, -0.25) is 0 Å². The summed E-state index contributed by atoms with van der Waals surface area (Å²) in [5.74, 6) is 0. The molecule has 0 aliphatic rings. The van der Waals surface area contributed by atoms with Crippen LogP contribution >= 0.6 is 0 Å². The van der Waals surface area contributed by atoms with Crippen LogP contribution in [0.1, 0.15) is 0 Å². The van der Waals surface area contributed by atoms with Crippen LogP contribution in [-0.2, 0) is 4.46 Å². The third-order valence-corrected chi connectivity index (χ3v) is 2.07. The average molecular weight is 317 g/mol. The van der Waals surface area contributed by atoms with Gasteiger partial charge < -0.3 is 24.0 Å². The molecule has 104 valence electrons. The van der Waals surface area contributed by atoms with Gasteiger partial charge in [0.15, 0.2) is 0 Å². The van der Waals surface area contributed by atoms with Crippen LogP contribution in [0.3, 0.4) is 0 Å². The SMILES string of the molecule is C=CC[N+](CC=C)(CC=C)CC=C.O=[Si]([O-])[O-].[Na+].[Na+].[OH-]. The zero-order valence-corrected chi connectivity index (χ0v) is 17.6. The second-order valence-corrected chi connectivity index (χ2v) is 3.98. The van der Waals surface area contributed by atoms with E-state index < -0.39 is 9.17 Å². The molecule has 0 spiro atoms. The van der Waals surface area contributed by atoms with Gasteiger partial charge in [0.2, 0.25) is 0 Å². The zero-order chi connectivity index (χ0) is 13.7. The summed E-state index contributed by atoms with van der Waals surface area (Å²) < 4.78 is 9.42. The standard InChI is InChI=1S/C12H20N.2Na.O3Si.H2O/c1-5-9-13(10-6-2,11-7-3)12-8-4;;;1-4(2)3;/h5-8H,1-4,9-12H2;;;;1H2/q3*+1;-2;/p-1. The van der Waals surface area contributed by atoms with Gasteiger partial charge in [0.25, 0.3) is 0 Å². The number of quaternary nitrogens is 1. The molecular weight excluding hydrogens is 296 g/mol. The minimum Gasteiger partial charge on any atom is -0.870 e. The third-order valence-electron chi connectivity index (χ3n) is 2.07. The van der Waals surface area contributed by atoms with Crippen LogP contribution in [0.15, 0.2) is 50.6 Å². The van der Waals surface area contributed by atoms with E-state index in [-0.39, 0.29) is 64.6 Å². The van der Waals surface area contributed by atoms with Crippen molar-refractivity contribution in [3.8, 4) is 0 Å². The monoisotopic (exact) mass is 317 g/mol. The van der Waals surface area contributed by atoms with E-state index in [4.69, 9.17) is 14.1 Å². The van der Waals surface area contributed by atoms with Gasteiger partial charge in [0, 0.05) is 9.17 Å². The van der Waals surface area contributed by atoms with E-state index in [1.54, 1.807) is 0 Å². The van der Waals surface area contributed by atoms with Crippen LogP contribution in [0.4, 0.5) is 0 Å². The number of hydrogen-bond donors (Lipinski definition) is 0. The predicted octanol–water partition coefficient (Wildman–Crippen LogP) is -6.50. The fraction of sp³-hybridized carbons (Fsp3) is 0.333. The van der Waals surface area contributed by atoms with Crippen LogP contribution in [0.5, 0.6) is 0 Å². The molecular formula is C12H21NNa2O4Si. The Bertz CT molecular complexity index is 239. The summed E-state index contributed by atoms with van der Waals surface area (Å²) in [7, 11) is -3.63. The summed E-state index contributed by atoms with van der Waals surface area (Å²) >= 11 is 0. The molecule has 0 radical (unpaired) electrons. The Labute approximate surface area is 167 Å². The Balaban J connectivity index is -0.0000000951. The van der Waals surface area contributed by atoms with Crippen LogP contribution in [0.2, 0.25) is 0 Å². The van der Waals surface area contributed by atoms with Gasteiger partial charge in [0.05, 0.1) is 26.2 Å². The first-order valence-corrected chi connectivity index (χ1v) is 6.37. The molecule has 0 saturated heterocycles. The van der Waals surface area contributed by atoms with Crippen molar-refractivity contribution in [1.82, 2.24) is 0 Å². The van der Waals surface area contributed by atoms with Gasteiger partial charge in [-0.05, 0) is 24.3 Å². The first-order chi connectivity index (χ1) is 7.97. The molecule has 8 heteroatoms. The Morgan fingerprint density at radius 2 is 0.950 bits per heavy atom. The Kier molecular flexibility index (Phi) is 35.3. The molecule has 0 atom stereocenters. The van der Waals surface area contributed by atoms with Crippen molar-refractivity contribution in [2.24, 2.45) is 0 Å². The van der Waals surface area contributed by atoms with Gasteiger partial charge in [-0.2, -0.15) is 0 Å². The number of hydrogen-bond acceptors (Lipinski definition) is 4. The Morgan fingerprint density at radius 1 is 0.800 bits per heavy atom. The fourth-order valence-corrected chi connectivity index (χ4v) is 1.54. The van der Waals surface area contributed by atoms with Crippen LogP contribution in [0.25, 0.3) is 0 Å². The maximum Gasteiger partial charge on any atom is 1.00 e. The van der Waals surface area contributed by atoms with Crippen molar-refractivity contribution < 1.29 is 83.1 Å². The molecule has 0 saturated carbocycles. The molecule has 0 bridgehead atoms. The number of nitrogens with zero attached hydrogens (tertiary/aromatic N) is 1. The van der Waals surface area contributed by atoms with Crippen molar-refractivity contribution >= 4 is 9.17 Å². The van der Waals surface area contributed by atoms with E-state index >= 15 is 0 Å². The first-order valence-electron chi connectivity index (χ1n) is 5.14. The molecule has 5 nitrogen and oxygen atoms in total. The van der Waals surface area contributed by atoms with E-state index in [0.717, 1.165) is 30.7 Å². The van der Waals surface area contributed by atoms with Gasteiger partial charge in [-0.1, -0.05) is 26.3 Å². The largest absolute Gasteiger partial charge is 1.00 e. The first kappa shape index (κ1) is 32.4. The summed E-state index contributed by atoms with van der Waals surface area (Å²) in [5, 5.41) is 0. The summed E-state index contributed by atoms with van der Waals surface area (Å²) in [4.78, 5) is 17.0. The smallest absolute Gasteiger partial charge is 0.870 e. The minimum atomic E-state index is -3.63. The molecule has 0 heterocycles. The molecule has 0 unspecified atom stereocenters. The van der Waals surface area contributed by atoms with Crippen molar-refractivity contribution in [1.29, 1.82) is 0 Å². The molecule has 0 rings (SSSR count). The molecule has 0 aromatic carbocycles. The maximum absolute atomic E-state index is 8.52. The molecule has 0 aliphatic heterocycles. The molecule has 0 amide bonds. The summed E-state index contributed by atoms with van der Waals surface area (Å²) in [5.41, 5.74) is 0. The summed E-state index contributed by atoms with van der Waals surface area (Å²) in [6, 6.07) is 0. The van der Waals surface area contributed by atoms with E-state index in [1.165, 1.54) is 0 Å². The topological polar surface area (TPSA) is 93.2 Å². The molecule has 1 N–H and O–H groups in total. The molecule has 0 fully saturated rings. The maximum atomic E-state index is 8.52. The fourth-order valence-electron chi connectivity index (χ4n) is 1.54. The van der Waals surface area contributed by atoms with E-state index in [9.17, 15) is 0 Å². The van der Waals surface area contributed by atoms with Gasteiger partial charge in [-0.15, -0.1) is 0 Å². The molecule has 20 heavy (non-hydrogen) atoms. The predicted molar refractivity (Wildman–Crippen MR) is 68.9 cm³/mol. The minimum absolute atomic E-state index is 0. The Morgan fingerprint density at radius 3 is 1.05 bits per heavy atom. The van der Waals surface area contributed by atoms with Gasteiger partial charge in [-0.25, -0.2) is 0 Å². The van der Waals surface area contributed by atoms with Crippen molar-refractivity contribution in [3.05, 3.63) is 50.6 Å². The van der Waals surface area contributed by atoms with Crippen LogP contribution < -0.4 is 68.7 Å². The second kappa shape index (κ2) is 21.8. The van der Waals surface area contributed by atoms with Crippen LogP contribution in [-0.4, -0.2) is 45.3 Å². The summed E-state index contributed by atoms with van der Waals surface area (Å²) in [6.45, 7) is 18.8. The van der Waals surface area contributed by atoms with Crippen LogP contribution in [0, 0.1) is 0 Å². The summed E-state index contributed by atoms with van der Waals surface area (Å²) in [6.07, 6.45) is 7.76. The second-order valence-electron chi connectivity index (χ2n) is 3.48. The molecule has 0 aromatic rings.